The predicted molar refractivity (Wildman–Crippen MR) is 90.1 cm³/mol. The fourth-order valence-electron chi connectivity index (χ4n) is 2.07. The Bertz CT molecular complexity index is 457. The molecule has 1 aromatic carbocycles. The van der Waals surface area contributed by atoms with E-state index in [4.69, 9.17) is 0 Å². The van der Waals surface area contributed by atoms with Crippen molar-refractivity contribution < 1.29 is 4.79 Å². The molecular weight excluding hydrogens is 282 g/mol. The molecule has 116 valence electrons. The van der Waals surface area contributed by atoms with Crippen LogP contribution >= 0.6 is 11.8 Å². The molecule has 4 nitrogen and oxygen atoms in total. The van der Waals surface area contributed by atoms with Gasteiger partial charge in [0, 0.05) is 28.9 Å². The Kier molecular flexibility index (Phi) is 5.94. The van der Waals surface area contributed by atoms with Crippen LogP contribution in [0.15, 0.2) is 29.2 Å². The first kappa shape index (κ1) is 16.2. The maximum Gasteiger partial charge on any atom is 0.319 e. The summed E-state index contributed by atoms with van der Waals surface area (Å²) in [6.07, 6.45) is 2.47. The van der Waals surface area contributed by atoms with Crippen LogP contribution in [0.5, 0.6) is 0 Å². The van der Waals surface area contributed by atoms with E-state index >= 15 is 0 Å². The lowest BCUT2D eigenvalue weighted by molar-refractivity contribution is 0.248. The molecule has 1 atom stereocenters. The third kappa shape index (κ3) is 5.98. The number of rotatable bonds is 7. The average Bonchev–Trinajstić information content (AvgIpc) is 3.24. The highest BCUT2D eigenvalue weighted by Crippen LogP contribution is 2.32. The lowest BCUT2D eigenvalue weighted by atomic mass is 10.2. The summed E-state index contributed by atoms with van der Waals surface area (Å²) < 4.78 is 0. The Hall–Kier alpha value is -1.20. The second-order valence-electron chi connectivity index (χ2n) is 5.90. The number of nitrogens with zero attached hydrogens (tertiary/aromatic N) is 1. The van der Waals surface area contributed by atoms with Crippen molar-refractivity contribution in [2.24, 2.45) is 5.92 Å². The van der Waals surface area contributed by atoms with Gasteiger partial charge in [-0.05, 0) is 64.0 Å². The van der Waals surface area contributed by atoms with Gasteiger partial charge in [0.25, 0.3) is 0 Å². The summed E-state index contributed by atoms with van der Waals surface area (Å²) in [4.78, 5) is 15.3. The van der Waals surface area contributed by atoms with Gasteiger partial charge in [-0.15, -0.1) is 11.8 Å². The van der Waals surface area contributed by atoms with Crippen LogP contribution in [-0.2, 0) is 0 Å². The first-order valence-electron chi connectivity index (χ1n) is 7.49. The maximum atomic E-state index is 11.9. The normalized spacial score (nSPS) is 15.8. The van der Waals surface area contributed by atoms with Gasteiger partial charge in [0.1, 0.15) is 0 Å². The summed E-state index contributed by atoms with van der Waals surface area (Å²) in [7, 11) is 4.16. The second-order valence-corrected chi connectivity index (χ2v) is 7.07. The number of amides is 2. The molecule has 0 bridgehead atoms. The molecule has 2 N–H and O–H groups in total. The van der Waals surface area contributed by atoms with E-state index in [9.17, 15) is 4.79 Å². The third-order valence-electron chi connectivity index (χ3n) is 3.61. The molecule has 0 saturated heterocycles. The number of urea groups is 1. The van der Waals surface area contributed by atoms with Gasteiger partial charge in [-0.25, -0.2) is 4.79 Å². The lowest BCUT2D eigenvalue weighted by Crippen LogP contribution is -2.37. The zero-order valence-corrected chi connectivity index (χ0v) is 13.9. The Morgan fingerprint density at radius 1 is 1.33 bits per heavy atom. The summed E-state index contributed by atoms with van der Waals surface area (Å²) >= 11 is 1.83. The van der Waals surface area contributed by atoms with Crippen LogP contribution in [0.3, 0.4) is 0 Å². The van der Waals surface area contributed by atoms with E-state index in [1.165, 1.54) is 17.7 Å². The Morgan fingerprint density at radius 3 is 2.57 bits per heavy atom. The van der Waals surface area contributed by atoms with Gasteiger partial charge < -0.3 is 15.5 Å². The van der Waals surface area contributed by atoms with Crippen LogP contribution in [0.1, 0.15) is 19.8 Å². The SMILES string of the molecule is CC(NC(=O)Nc1ccc(SCCN(C)C)cc1)C1CC1. The molecule has 2 rings (SSSR count). The van der Waals surface area contributed by atoms with E-state index in [0.717, 1.165) is 18.0 Å². The van der Waals surface area contributed by atoms with Crippen LogP contribution in [0.2, 0.25) is 0 Å². The summed E-state index contributed by atoms with van der Waals surface area (Å²) in [5, 5.41) is 5.88. The standard InChI is InChI=1S/C16H25N3OS/c1-12(13-4-5-13)17-16(20)18-14-6-8-15(9-7-14)21-11-10-19(2)3/h6-9,12-13H,4-5,10-11H2,1-3H3,(H2,17,18,20). The fourth-order valence-corrected chi connectivity index (χ4v) is 3.09. The van der Waals surface area contributed by atoms with E-state index in [0.29, 0.717) is 5.92 Å². The fraction of sp³-hybridized carbons (Fsp3) is 0.562. The van der Waals surface area contributed by atoms with E-state index in [-0.39, 0.29) is 12.1 Å². The van der Waals surface area contributed by atoms with Crippen LogP contribution in [0.4, 0.5) is 10.5 Å². The van der Waals surface area contributed by atoms with Crippen molar-refractivity contribution in [3.05, 3.63) is 24.3 Å². The van der Waals surface area contributed by atoms with Gasteiger partial charge in [0.2, 0.25) is 0 Å². The highest BCUT2D eigenvalue weighted by atomic mass is 32.2. The summed E-state index contributed by atoms with van der Waals surface area (Å²) in [6, 6.07) is 8.19. The molecule has 0 spiro atoms. The first-order valence-corrected chi connectivity index (χ1v) is 8.48. The Labute approximate surface area is 131 Å². The third-order valence-corrected chi connectivity index (χ3v) is 4.60. The van der Waals surface area contributed by atoms with Gasteiger partial charge in [-0.3, -0.25) is 0 Å². The molecule has 5 heteroatoms. The molecule has 1 saturated carbocycles. The van der Waals surface area contributed by atoms with Gasteiger partial charge in [0.15, 0.2) is 0 Å². The minimum atomic E-state index is -0.109. The number of hydrogen-bond acceptors (Lipinski definition) is 3. The van der Waals surface area contributed by atoms with Crippen molar-refractivity contribution in [3.8, 4) is 0 Å². The van der Waals surface area contributed by atoms with Crippen molar-refractivity contribution in [1.29, 1.82) is 0 Å². The Morgan fingerprint density at radius 2 is 2.00 bits per heavy atom. The smallest absolute Gasteiger partial charge is 0.319 e. The van der Waals surface area contributed by atoms with Crippen molar-refractivity contribution in [2.75, 3.05) is 31.7 Å². The highest BCUT2D eigenvalue weighted by molar-refractivity contribution is 7.99. The number of thioether (sulfide) groups is 1. The predicted octanol–water partition coefficient (Wildman–Crippen LogP) is 3.26. The molecular formula is C16H25N3OS. The van der Waals surface area contributed by atoms with E-state index in [1.54, 1.807) is 0 Å². The van der Waals surface area contributed by atoms with Crippen molar-refractivity contribution in [2.45, 2.75) is 30.7 Å². The topological polar surface area (TPSA) is 44.4 Å². The number of nitrogens with one attached hydrogen (secondary N) is 2. The van der Waals surface area contributed by atoms with Crippen molar-refractivity contribution in [3.63, 3.8) is 0 Å². The molecule has 0 heterocycles. The zero-order chi connectivity index (χ0) is 15.2. The minimum absolute atomic E-state index is 0.109. The quantitative estimate of drug-likeness (QED) is 0.760. The van der Waals surface area contributed by atoms with Gasteiger partial charge in [-0.2, -0.15) is 0 Å². The number of benzene rings is 1. The molecule has 2 amide bonds. The molecule has 1 aliphatic carbocycles. The summed E-state index contributed by atoms with van der Waals surface area (Å²) in [5.74, 6) is 1.74. The monoisotopic (exact) mass is 307 g/mol. The molecule has 1 aliphatic rings. The van der Waals surface area contributed by atoms with E-state index in [2.05, 4.69) is 48.7 Å². The molecule has 0 aliphatic heterocycles. The van der Waals surface area contributed by atoms with Crippen LogP contribution in [0.25, 0.3) is 0 Å². The van der Waals surface area contributed by atoms with Gasteiger partial charge >= 0.3 is 6.03 Å². The number of carbonyl (C=O) groups is 1. The largest absolute Gasteiger partial charge is 0.335 e. The van der Waals surface area contributed by atoms with Crippen LogP contribution < -0.4 is 10.6 Å². The van der Waals surface area contributed by atoms with Crippen LogP contribution in [0, 0.1) is 5.92 Å². The molecule has 0 aromatic heterocycles. The molecule has 1 fully saturated rings. The number of carbonyl (C=O) groups excluding carboxylic acids is 1. The Balaban J connectivity index is 1.74. The number of anilines is 1. The number of hydrogen-bond donors (Lipinski definition) is 2. The van der Waals surface area contributed by atoms with E-state index in [1.807, 2.05) is 23.9 Å². The minimum Gasteiger partial charge on any atom is -0.335 e. The molecule has 1 unspecified atom stereocenters. The maximum absolute atomic E-state index is 11.9. The van der Waals surface area contributed by atoms with Gasteiger partial charge in [-0.1, -0.05) is 0 Å². The van der Waals surface area contributed by atoms with Crippen molar-refractivity contribution >= 4 is 23.5 Å². The highest BCUT2D eigenvalue weighted by Gasteiger charge is 2.28. The van der Waals surface area contributed by atoms with E-state index < -0.39 is 0 Å². The molecule has 21 heavy (non-hydrogen) atoms. The second kappa shape index (κ2) is 7.71. The zero-order valence-electron chi connectivity index (χ0n) is 13.1. The van der Waals surface area contributed by atoms with Crippen molar-refractivity contribution in [1.82, 2.24) is 10.2 Å². The summed E-state index contributed by atoms with van der Waals surface area (Å²) in [5.41, 5.74) is 0.840. The van der Waals surface area contributed by atoms with Crippen LogP contribution in [-0.4, -0.2) is 43.4 Å². The average molecular weight is 307 g/mol. The summed E-state index contributed by atoms with van der Waals surface area (Å²) in [6.45, 7) is 3.13. The van der Waals surface area contributed by atoms with Gasteiger partial charge in [0.05, 0.1) is 0 Å². The lowest BCUT2D eigenvalue weighted by Gasteiger charge is -2.14. The molecule has 1 aromatic rings. The first-order chi connectivity index (χ1) is 10.0. The molecule has 0 radical (unpaired) electrons.